The number of aromatic nitrogens is 2. The van der Waals surface area contributed by atoms with Gasteiger partial charge in [-0.3, -0.25) is 10.1 Å². The van der Waals surface area contributed by atoms with Gasteiger partial charge < -0.3 is 4.90 Å². The maximum atomic E-state index is 11.1. The highest BCUT2D eigenvalue weighted by molar-refractivity contribution is 5.94. The Morgan fingerprint density at radius 1 is 1.26 bits per heavy atom. The quantitative estimate of drug-likeness (QED) is 0.622. The molecule has 0 radical (unpaired) electrons. The monoisotopic (exact) mass is 316 g/mol. The summed E-state index contributed by atoms with van der Waals surface area (Å²) < 4.78 is 4.80. The standard InChI is InChI=1S/C16H20N4O3/c1-15(2)6-10-7-16(3,8-15)9-19(10)11-4-5-12(20(21)22)14-13(11)17-23-18-14/h4-5,10H,6-9H2,1-3H3. The number of benzene rings is 1. The van der Waals surface area contributed by atoms with E-state index in [2.05, 4.69) is 36.0 Å². The predicted molar refractivity (Wildman–Crippen MR) is 85.3 cm³/mol. The minimum Gasteiger partial charge on any atom is -0.366 e. The third-order valence-corrected chi connectivity index (χ3v) is 5.29. The third kappa shape index (κ3) is 2.17. The second-order valence-corrected chi connectivity index (χ2v) is 8.16. The molecule has 4 rings (SSSR count). The minimum absolute atomic E-state index is 0.0567. The molecule has 7 nitrogen and oxygen atoms in total. The molecule has 1 saturated carbocycles. The smallest absolute Gasteiger partial charge is 0.300 e. The van der Waals surface area contributed by atoms with Crippen LogP contribution in [0.5, 0.6) is 0 Å². The lowest BCUT2D eigenvalue weighted by molar-refractivity contribution is -0.383. The third-order valence-electron chi connectivity index (χ3n) is 5.29. The van der Waals surface area contributed by atoms with Gasteiger partial charge in [-0.05, 0) is 46.5 Å². The summed E-state index contributed by atoms with van der Waals surface area (Å²) in [6.07, 6.45) is 3.47. The molecule has 1 aromatic heterocycles. The molecule has 1 aliphatic heterocycles. The van der Waals surface area contributed by atoms with Crippen LogP contribution in [0.25, 0.3) is 11.0 Å². The molecule has 2 aliphatic rings. The Bertz CT molecular complexity index is 800. The lowest BCUT2D eigenvalue weighted by Crippen LogP contribution is -2.34. The van der Waals surface area contributed by atoms with E-state index in [4.69, 9.17) is 4.63 Å². The number of hydrogen-bond acceptors (Lipinski definition) is 6. The molecule has 0 amide bonds. The molecule has 2 unspecified atom stereocenters. The van der Waals surface area contributed by atoms with Crippen LogP contribution in [-0.2, 0) is 0 Å². The summed E-state index contributed by atoms with van der Waals surface area (Å²) in [5.41, 5.74) is 2.16. The van der Waals surface area contributed by atoms with Crippen molar-refractivity contribution in [2.45, 2.75) is 46.1 Å². The summed E-state index contributed by atoms with van der Waals surface area (Å²) in [6, 6.07) is 3.74. The maximum absolute atomic E-state index is 11.1. The van der Waals surface area contributed by atoms with Crippen molar-refractivity contribution in [1.82, 2.24) is 10.3 Å². The molecule has 2 heterocycles. The van der Waals surface area contributed by atoms with Crippen molar-refractivity contribution in [2.24, 2.45) is 10.8 Å². The largest absolute Gasteiger partial charge is 0.366 e. The van der Waals surface area contributed by atoms with E-state index in [0.717, 1.165) is 25.1 Å². The Morgan fingerprint density at radius 3 is 2.74 bits per heavy atom. The van der Waals surface area contributed by atoms with E-state index >= 15 is 0 Å². The van der Waals surface area contributed by atoms with E-state index in [1.807, 2.05) is 0 Å². The first-order valence-corrected chi connectivity index (χ1v) is 7.94. The van der Waals surface area contributed by atoms with Crippen LogP contribution < -0.4 is 4.90 Å². The van der Waals surface area contributed by atoms with Gasteiger partial charge >= 0.3 is 5.69 Å². The van der Waals surface area contributed by atoms with Crippen LogP contribution in [0.4, 0.5) is 11.4 Å². The SMILES string of the molecule is CC1(C)CC2CC(C)(CN2c2ccc([N+](=O)[O-])c3nonc23)C1. The summed E-state index contributed by atoms with van der Waals surface area (Å²) in [7, 11) is 0. The average molecular weight is 316 g/mol. The zero-order valence-corrected chi connectivity index (χ0v) is 13.6. The van der Waals surface area contributed by atoms with Gasteiger partial charge in [-0.25, -0.2) is 4.63 Å². The molecule has 0 N–H and O–H groups in total. The van der Waals surface area contributed by atoms with E-state index in [1.165, 1.54) is 12.5 Å². The number of fused-ring (bicyclic) bond motifs is 3. The van der Waals surface area contributed by atoms with Crippen LogP contribution >= 0.6 is 0 Å². The molecule has 2 atom stereocenters. The average Bonchev–Trinajstić information content (AvgIpc) is 2.98. The second kappa shape index (κ2) is 4.43. The molecule has 0 spiro atoms. The van der Waals surface area contributed by atoms with E-state index in [-0.39, 0.29) is 16.6 Å². The fourth-order valence-electron chi connectivity index (χ4n) is 4.96. The van der Waals surface area contributed by atoms with Crippen LogP contribution in [0.15, 0.2) is 16.8 Å². The number of nitrogens with zero attached hydrogens (tertiary/aromatic N) is 4. The Kier molecular flexibility index (Phi) is 2.77. The number of rotatable bonds is 2. The van der Waals surface area contributed by atoms with Crippen molar-refractivity contribution >= 4 is 22.4 Å². The fourth-order valence-corrected chi connectivity index (χ4v) is 4.96. The van der Waals surface area contributed by atoms with E-state index in [1.54, 1.807) is 6.07 Å². The van der Waals surface area contributed by atoms with Gasteiger partial charge in [0.05, 0.1) is 10.6 Å². The van der Waals surface area contributed by atoms with Crippen molar-refractivity contribution in [1.29, 1.82) is 0 Å². The van der Waals surface area contributed by atoms with Crippen molar-refractivity contribution in [3.8, 4) is 0 Å². The zero-order chi connectivity index (χ0) is 16.4. The number of nitro benzene ring substituents is 1. The summed E-state index contributed by atoms with van der Waals surface area (Å²) >= 11 is 0. The minimum atomic E-state index is -0.441. The summed E-state index contributed by atoms with van der Waals surface area (Å²) in [5.74, 6) is 0. The Hall–Kier alpha value is -2.18. The highest BCUT2D eigenvalue weighted by Gasteiger charge is 2.50. The lowest BCUT2D eigenvalue weighted by Gasteiger charge is -2.39. The van der Waals surface area contributed by atoms with Gasteiger partial charge in [0.15, 0.2) is 5.52 Å². The summed E-state index contributed by atoms with van der Waals surface area (Å²) in [5, 5.41) is 18.8. The van der Waals surface area contributed by atoms with Crippen LogP contribution in [0, 0.1) is 20.9 Å². The Morgan fingerprint density at radius 2 is 2.00 bits per heavy atom. The molecule has 2 fully saturated rings. The van der Waals surface area contributed by atoms with Gasteiger partial charge in [-0.2, -0.15) is 0 Å². The molecule has 1 aliphatic carbocycles. The molecule has 122 valence electrons. The Labute approximate surface area is 133 Å². The van der Waals surface area contributed by atoms with Crippen molar-refractivity contribution in [3.63, 3.8) is 0 Å². The van der Waals surface area contributed by atoms with Gasteiger partial charge in [0, 0.05) is 18.7 Å². The topological polar surface area (TPSA) is 85.3 Å². The molecular weight excluding hydrogens is 296 g/mol. The molecule has 1 aromatic carbocycles. The van der Waals surface area contributed by atoms with E-state index < -0.39 is 4.92 Å². The van der Waals surface area contributed by atoms with Crippen LogP contribution in [0.3, 0.4) is 0 Å². The van der Waals surface area contributed by atoms with Crippen LogP contribution in [0.2, 0.25) is 0 Å². The molecule has 2 bridgehead atoms. The fraction of sp³-hybridized carbons (Fsp3) is 0.625. The first kappa shape index (κ1) is 14.4. The predicted octanol–water partition coefficient (Wildman–Crippen LogP) is 3.54. The first-order chi connectivity index (χ1) is 10.8. The van der Waals surface area contributed by atoms with E-state index in [9.17, 15) is 10.1 Å². The van der Waals surface area contributed by atoms with Crippen molar-refractivity contribution in [3.05, 3.63) is 22.2 Å². The van der Waals surface area contributed by atoms with Gasteiger partial charge in [0.2, 0.25) is 5.52 Å². The van der Waals surface area contributed by atoms with Gasteiger partial charge in [-0.15, -0.1) is 0 Å². The molecule has 2 aromatic rings. The normalized spacial score (nSPS) is 29.2. The van der Waals surface area contributed by atoms with Gasteiger partial charge in [0.1, 0.15) is 0 Å². The maximum Gasteiger partial charge on any atom is 0.300 e. The van der Waals surface area contributed by atoms with Gasteiger partial charge in [0.25, 0.3) is 0 Å². The van der Waals surface area contributed by atoms with Crippen LogP contribution in [-0.4, -0.2) is 27.8 Å². The number of non-ortho nitro benzene ring substituents is 1. The summed E-state index contributed by atoms with van der Waals surface area (Å²) in [6.45, 7) is 7.93. The zero-order valence-electron chi connectivity index (χ0n) is 13.6. The molecular formula is C16H20N4O3. The number of hydrogen-bond donors (Lipinski definition) is 0. The number of nitro groups is 1. The summed E-state index contributed by atoms with van der Waals surface area (Å²) in [4.78, 5) is 13.1. The first-order valence-electron chi connectivity index (χ1n) is 7.94. The highest BCUT2D eigenvalue weighted by atomic mass is 16.6. The Balaban J connectivity index is 1.81. The van der Waals surface area contributed by atoms with Gasteiger partial charge in [-0.1, -0.05) is 20.8 Å². The number of anilines is 1. The van der Waals surface area contributed by atoms with Crippen molar-refractivity contribution in [2.75, 3.05) is 11.4 Å². The van der Waals surface area contributed by atoms with Crippen LogP contribution in [0.1, 0.15) is 40.0 Å². The molecule has 23 heavy (non-hydrogen) atoms. The molecule has 7 heteroatoms. The molecule has 1 saturated heterocycles. The van der Waals surface area contributed by atoms with Crippen molar-refractivity contribution < 1.29 is 9.55 Å². The lowest BCUT2D eigenvalue weighted by atomic mass is 9.65. The van der Waals surface area contributed by atoms with E-state index in [0.29, 0.717) is 17.0 Å². The highest BCUT2D eigenvalue weighted by Crippen LogP contribution is 2.54. The second-order valence-electron chi connectivity index (χ2n) is 8.16.